The third-order valence-corrected chi connectivity index (χ3v) is 1.86. The molecule has 0 N–H and O–H groups in total. The number of halogens is 4. The molecule has 6 heteroatoms. The summed E-state index contributed by atoms with van der Waals surface area (Å²) in [6.07, 6.45) is 4.80. The molecular formula is C10H16Cl4Pd2. The second kappa shape index (κ2) is 30.2. The van der Waals surface area contributed by atoms with Crippen molar-refractivity contribution in [3.05, 3.63) is 39.2 Å². The molecule has 0 amide bonds. The van der Waals surface area contributed by atoms with Crippen LogP contribution in [0.2, 0.25) is 0 Å². The van der Waals surface area contributed by atoms with Crippen LogP contribution in [0.5, 0.6) is 0 Å². The predicted molar refractivity (Wildman–Crippen MR) is 71.3 cm³/mol. The summed E-state index contributed by atoms with van der Waals surface area (Å²) < 4.78 is 0. The first-order valence-electron chi connectivity index (χ1n) is 3.98. The van der Waals surface area contributed by atoms with E-state index in [1.165, 1.54) is 0 Å². The van der Waals surface area contributed by atoms with Gasteiger partial charge >= 0.3 is 55.4 Å². The van der Waals surface area contributed by atoms with Gasteiger partial charge in [-0.1, -0.05) is 12.2 Å². The van der Waals surface area contributed by atoms with E-state index in [-0.39, 0.29) is 10.8 Å². The Hall–Kier alpha value is 1.96. The van der Waals surface area contributed by atoms with Gasteiger partial charge in [-0.15, -0.1) is 36.4 Å². The Bertz CT molecular complexity index is 109. The molecule has 104 valence electrons. The van der Waals surface area contributed by atoms with Crippen molar-refractivity contribution in [1.82, 2.24) is 0 Å². The van der Waals surface area contributed by atoms with Crippen molar-refractivity contribution in [2.75, 3.05) is 0 Å². The number of hydrogen-bond donors (Lipinski definition) is 0. The fourth-order valence-electron chi connectivity index (χ4n) is 0.236. The molecule has 0 aliphatic heterocycles. The Balaban J connectivity index is -0.0000000686. The molecule has 0 aromatic rings. The molecule has 0 radical (unpaired) electrons. The summed E-state index contributed by atoms with van der Waals surface area (Å²) >= 11 is 15.4. The van der Waals surface area contributed by atoms with E-state index >= 15 is 0 Å². The van der Waals surface area contributed by atoms with Crippen LogP contribution in [-0.2, 0) is 36.4 Å². The van der Waals surface area contributed by atoms with E-state index in [9.17, 15) is 0 Å². The third-order valence-electron chi connectivity index (χ3n) is 1.06. The number of rotatable bonds is 4. The van der Waals surface area contributed by atoms with Gasteiger partial charge in [-0.05, 0) is 0 Å². The molecule has 0 spiro atoms. The second-order valence-electron chi connectivity index (χ2n) is 2.08. The van der Waals surface area contributed by atoms with Crippen LogP contribution in [0.1, 0.15) is 12.8 Å². The number of alkyl halides is 2. The molecule has 0 nitrogen and oxygen atoms in total. The number of hydrogen-bond acceptors (Lipinski definition) is 0. The zero-order valence-electron chi connectivity index (χ0n) is 8.70. The van der Waals surface area contributed by atoms with Crippen molar-refractivity contribution in [2.45, 2.75) is 23.6 Å². The summed E-state index contributed by atoms with van der Waals surface area (Å²) in [5.74, 6) is 0. The summed E-state index contributed by atoms with van der Waals surface area (Å²) in [7, 11) is 8.98. The van der Waals surface area contributed by atoms with Crippen LogP contribution in [0.4, 0.5) is 0 Å². The topological polar surface area (TPSA) is 0 Å². The van der Waals surface area contributed by atoms with Crippen LogP contribution in [0.25, 0.3) is 0 Å². The van der Waals surface area contributed by atoms with Crippen molar-refractivity contribution in [3.63, 3.8) is 0 Å². The standard InChI is InChI=1S/2C5H8Cl.2ClH.2Pd/c2*1-3-5(6)4-2;;;;/h2*3,5H,1-2,4H2;2*1H;;/q2*-1;;;2*+2/p-2. The maximum absolute atomic E-state index is 5.47. The summed E-state index contributed by atoms with van der Waals surface area (Å²) in [6.45, 7) is 14.0. The normalized spacial score (nSPS) is 11.1. The van der Waals surface area contributed by atoms with E-state index in [1.54, 1.807) is 12.2 Å². The average molecular weight is 491 g/mol. The number of allylic oxidation sites excluding steroid dienone is 2. The molecule has 0 saturated heterocycles. The van der Waals surface area contributed by atoms with E-state index in [1.807, 2.05) is 0 Å². The predicted octanol–water partition coefficient (Wildman–Crippen LogP) is 5.38. The summed E-state index contributed by atoms with van der Waals surface area (Å²) in [6, 6.07) is 0. The van der Waals surface area contributed by atoms with Gasteiger partial charge in [0.2, 0.25) is 0 Å². The first-order valence-corrected chi connectivity index (χ1v) is 8.85. The first kappa shape index (κ1) is 26.5. The van der Waals surface area contributed by atoms with E-state index in [2.05, 4.69) is 82.4 Å². The van der Waals surface area contributed by atoms with Crippen molar-refractivity contribution >= 4 is 42.3 Å². The summed E-state index contributed by atoms with van der Waals surface area (Å²) in [4.78, 5) is 0. The average Bonchev–Trinajstić information content (AvgIpc) is 2.41. The molecule has 0 heterocycles. The Morgan fingerprint density at radius 3 is 1.06 bits per heavy atom. The third kappa shape index (κ3) is 36.0. The van der Waals surface area contributed by atoms with E-state index < -0.39 is 0 Å². The van der Waals surface area contributed by atoms with E-state index in [0.29, 0.717) is 0 Å². The van der Waals surface area contributed by atoms with Gasteiger partial charge in [-0.3, -0.25) is 0 Å². The monoisotopic (exact) mass is 488 g/mol. The zero-order chi connectivity index (χ0) is 14.0. The molecule has 0 aromatic carbocycles. The molecule has 0 saturated carbocycles. The van der Waals surface area contributed by atoms with Gasteiger partial charge in [0.1, 0.15) is 0 Å². The molecule has 0 rings (SSSR count). The molecular weight excluding hydrogens is 475 g/mol. The molecule has 0 aromatic heterocycles. The van der Waals surface area contributed by atoms with Crippen molar-refractivity contribution in [3.8, 4) is 0 Å². The quantitative estimate of drug-likeness (QED) is 0.215. The van der Waals surface area contributed by atoms with E-state index in [0.717, 1.165) is 12.8 Å². The van der Waals surface area contributed by atoms with Gasteiger partial charge in [0.25, 0.3) is 0 Å². The molecule has 0 bridgehead atoms. The zero-order valence-corrected chi connectivity index (χ0v) is 14.8. The van der Waals surface area contributed by atoms with Crippen LogP contribution in [0.3, 0.4) is 0 Å². The molecule has 0 fully saturated rings. The molecule has 2 unspecified atom stereocenters. The maximum atomic E-state index is 5.47. The van der Waals surface area contributed by atoms with Gasteiger partial charge in [0.15, 0.2) is 0 Å². The Labute approximate surface area is 140 Å². The Morgan fingerprint density at radius 2 is 1.06 bits per heavy atom. The van der Waals surface area contributed by atoms with Crippen molar-refractivity contribution < 1.29 is 36.4 Å². The minimum atomic E-state index is 0.0602. The van der Waals surface area contributed by atoms with Gasteiger partial charge < -0.3 is 13.8 Å². The van der Waals surface area contributed by atoms with Crippen LogP contribution in [0.15, 0.2) is 25.3 Å². The van der Waals surface area contributed by atoms with Gasteiger partial charge in [0, 0.05) is 10.8 Å². The van der Waals surface area contributed by atoms with Crippen molar-refractivity contribution in [2.24, 2.45) is 0 Å². The molecule has 2 atom stereocenters. The van der Waals surface area contributed by atoms with Gasteiger partial charge in [0.05, 0.1) is 0 Å². The molecule has 16 heavy (non-hydrogen) atoms. The molecule has 0 aliphatic rings. The SMILES string of the molecule is C=CC(Cl)C[CH2-].C=CC(Cl)C[CH2-].[Cl][Pd+].[Cl][Pd+]. The summed E-state index contributed by atoms with van der Waals surface area (Å²) in [5, 5.41) is 0.120. The minimum absolute atomic E-state index is 0.0602. The van der Waals surface area contributed by atoms with Crippen LogP contribution in [0, 0.1) is 13.8 Å². The Kier molecular flexibility index (Phi) is 50.0. The fourth-order valence-corrected chi connectivity index (χ4v) is 0.236. The first-order chi connectivity index (χ1) is 7.62. The fraction of sp³-hybridized carbons (Fsp3) is 0.400. The van der Waals surface area contributed by atoms with Crippen LogP contribution >= 0.6 is 42.3 Å². The molecule has 0 aliphatic carbocycles. The Morgan fingerprint density at radius 1 is 0.875 bits per heavy atom. The van der Waals surface area contributed by atoms with Gasteiger partial charge in [-0.2, -0.15) is 12.8 Å². The van der Waals surface area contributed by atoms with Crippen molar-refractivity contribution in [1.29, 1.82) is 0 Å². The van der Waals surface area contributed by atoms with E-state index in [4.69, 9.17) is 23.2 Å². The summed E-state index contributed by atoms with van der Waals surface area (Å²) in [5.41, 5.74) is 0. The van der Waals surface area contributed by atoms with Gasteiger partial charge in [-0.25, -0.2) is 0 Å². The van der Waals surface area contributed by atoms with Crippen LogP contribution in [-0.4, -0.2) is 10.8 Å². The second-order valence-corrected chi connectivity index (χ2v) is 3.20. The van der Waals surface area contributed by atoms with Crippen LogP contribution < -0.4 is 0 Å².